The molecule has 0 amide bonds. The number of halogens is 5. The van der Waals surface area contributed by atoms with E-state index in [0.717, 1.165) is 0 Å². The standard InChI is InChI=1S/C3HClF4O2/c4-2(6)1(5)9-3(7,8)10-2/h1H. The van der Waals surface area contributed by atoms with E-state index in [1.54, 1.807) is 0 Å². The van der Waals surface area contributed by atoms with Crippen molar-refractivity contribution in [3.63, 3.8) is 0 Å². The van der Waals surface area contributed by atoms with Crippen LogP contribution < -0.4 is 0 Å². The molecule has 0 aromatic carbocycles. The van der Waals surface area contributed by atoms with Gasteiger partial charge in [-0.3, -0.25) is 4.74 Å². The van der Waals surface area contributed by atoms with E-state index in [1.165, 1.54) is 0 Å². The zero-order chi connectivity index (χ0) is 7.99. The van der Waals surface area contributed by atoms with Crippen molar-refractivity contribution in [2.75, 3.05) is 0 Å². The molecule has 0 spiro atoms. The van der Waals surface area contributed by atoms with Gasteiger partial charge in [0, 0.05) is 0 Å². The summed E-state index contributed by atoms with van der Waals surface area (Å²) in [5.74, 6) is 0. The first-order chi connectivity index (χ1) is 4.33. The van der Waals surface area contributed by atoms with Crippen molar-refractivity contribution in [2.45, 2.75) is 18.0 Å². The molecule has 0 saturated carbocycles. The number of rotatable bonds is 0. The van der Waals surface area contributed by atoms with E-state index in [9.17, 15) is 17.6 Å². The van der Waals surface area contributed by atoms with Crippen molar-refractivity contribution in [3.8, 4) is 0 Å². The lowest BCUT2D eigenvalue weighted by Gasteiger charge is -2.07. The van der Waals surface area contributed by atoms with Gasteiger partial charge in [-0.2, -0.15) is 4.39 Å². The Balaban J connectivity index is 2.71. The quantitative estimate of drug-likeness (QED) is 0.418. The molecule has 0 bridgehead atoms. The molecule has 2 unspecified atom stereocenters. The van der Waals surface area contributed by atoms with E-state index < -0.39 is 18.0 Å². The summed E-state index contributed by atoms with van der Waals surface area (Å²) in [6, 6.07) is 0. The summed E-state index contributed by atoms with van der Waals surface area (Å²) in [6.07, 6.45) is -7.25. The Morgan fingerprint density at radius 1 is 1.30 bits per heavy atom. The van der Waals surface area contributed by atoms with Gasteiger partial charge in [0.25, 0.3) is 6.36 Å². The molecule has 2 nitrogen and oxygen atoms in total. The first-order valence-corrected chi connectivity index (χ1v) is 2.49. The molecule has 0 aromatic heterocycles. The van der Waals surface area contributed by atoms with Crippen LogP contribution in [0.15, 0.2) is 0 Å². The average molecular weight is 180 g/mol. The maximum atomic E-state index is 12.1. The highest BCUT2D eigenvalue weighted by atomic mass is 35.5. The summed E-state index contributed by atoms with van der Waals surface area (Å²) in [4.78, 5) is 0. The molecule has 1 aliphatic rings. The fourth-order valence-corrected chi connectivity index (χ4v) is 0.552. The molecule has 1 aliphatic heterocycles. The highest BCUT2D eigenvalue weighted by Gasteiger charge is 2.60. The summed E-state index contributed by atoms with van der Waals surface area (Å²) in [5, 5.41) is -3.58. The van der Waals surface area contributed by atoms with E-state index >= 15 is 0 Å². The molecule has 60 valence electrons. The Labute approximate surface area is 57.7 Å². The third-order valence-electron chi connectivity index (χ3n) is 0.760. The van der Waals surface area contributed by atoms with Gasteiger partial charge >= 0.3 is 11.6 Å². The Hall–Kier alpha value is -0.0700. The average Bonchev–Trinajstić information content (AvgIpc) is 1.73. The third-order valence-corrected chi connectivity index (χ3v) is 1.01. The molecule has 0 aliphatic carbocycles. The second-order valence-electron chi connectivity index (χ2n) is 1.56. The highest BCUT2D eigenvalue weighted by Crippen LogP contribution is 2.42. The van der Waals surface area contributed by atoms with E-state index in [1.807, 2.05) is 0 Å². The Bertz CT molecular complexity index is 149. The van der Waals surface area contributed by atoms with Crippen molar-refractivity contribution in [1.82, 2.24) is 0 Å². The van der Waals surface area contributed by atoms with Gasteiger partial charge in [-0.25, -0.2) is 9.13 Å². The lowest BCUT2D eigenvalue weighted by atomic mass is 10.7. The Morgan fingerprint density at radius 2 is 1.80 bits per heavy atom. The number of ether oxygens (including phenoxy) is 2. The van der Waals surface area contributed by atoms with Crippen LogP contribution in [-0.4, -0.2) is 18.0 Å². The van der Waals surface area contributed by atoms with Gasteiger partial charge in [-0.1, -0.05) is 0 Å². The van der Waals surface area contributed by atoms with Gasteiger partial charge in [-0.05, 0) is 11.6 Å². The molecule has 1 heterocycles. The van der Waals surface area contributed by atoms with Gasteiger partial charge in [0.2, 0.25) is 0 Å². The molecule has 1 rings (SSSR count). The summed E-state index contributed by atoms with van der Waals surface area (Å²) in [5.41, 5.74) is 0. The van der Waals surface area contributed by atoms with Gasteiger partial charge < -0.3 is 0 Å². The van der Waals surface area contributed by atoms with Crippen molar-refractivity contribution in [2.24, 2.45) is 0 Å². The summed E-state index contributed by atoms with van der Waals surface area (Å²) < 4.78 is 53.3. The van der Waals surface area contributed by atoms with E-state index in [4.69, 9.17) is 0 Å². The van der Waals surface area contributed by atoms with Crippen LogP contribution in [-0.2, 0) is 9.47 Å². The van der Waals surface area contributed by atoms with E-state index in [-0.39, 0.29) is 0 Å². The predicted octanol–water partition coefficient (Wildman–Crippen LogP) is 1.74. The SMILES string of the molecule is FC1OC(F)(F)OC1(F)Cl. The molecule has 0 aromatic rings. The van der Waals surface area contributed by atoms with Crippen LogP contribution in [0.4, 0.5) is 17.6 Å². The fourth-order valence-electron chi connectivity index (χ4n) is 0.418. The molecule has 1 fully saturated rings. The molecule has 10 heavy (non-hydrogen) atoms. The zero-order valence-corrected chi connectivity index (χ0v) is 5.04. The Kier molecular flexibility index (Phi) is 1.57. The molecule has 1 saturated heterocycles. The third kappa shape index (κ3) is 1.33. The molecule has 0 radical (unpaired) electrons. The minimum Gasteiger partial charge on any atom is -0.253 e. The normalized spacial score (nSPS) is 45.9. The highest BCUT2D eigenvalue weighted by molar-refractivity contribution is 6.22. The molecule has 0 N–H and O–H groups in total. The zero-order valence-electron chi connectivity index (χ0n) is 4.28. The van der Waals surface area contributed by atoms with Crippen LogP contribution in [0.2, 0.25) is 0 Å². The first-order valence-electron chi connectivity index (χ1n) is 2.11. The largest absolute Gasteiger partial charge is 0.492 e. The van der Waals surface area contributed by atoms with Gasteiger partial charge in [0.1, 0.15) is 0 Å². The lowest BCUT2D eigenvalue weighted by molar-refractivity contribution is -0.363. The second kappa shape index (κ2) is 1.96. The molecular formula is C3HClF4O2. The van der Waals surface area contributed by atoms with Crippen LogP contribution >= 0.6 is 11.6 Å². The van der Waals surface area contributed by atoms with Crippen LogP contribution in [0.3, 0.4) is 0 Å². The molecule has 7 heteroatoms. The van der Waals surface area contributed by atoms with Gasteiger partial charge in [0.15, 0.2) is 0 Å². The van der Waals surface area contributed by atoms with Crippen molar-refractivity contribution in [1.29, 1.82) is 0 Å². The minimum atomic E-state index is -4.28. The minimum absolute atomic E-state index is 2.97. The van der Waals surface area contributed by atoms with Crippen LogP contribution in [0.5, 0.6) is 0 Å². The lowest BCUT2D eigenvalue weighted by Crippen LogP contribution is -2.24. The molecule has 2 atom stereocenters. The predicted molar refractivity (Wildman–Crippen MR) is 21.7 cm³/mol. The maximum absolute atomic E-state index is 12.1. The number of alkyl halides is 5. The van der Waals surface area contributed by atoms with E-state index in [2.05, 4.69) is 21.1 Å². The van der Waals surface area contributed by atoms with Crippen LogP contribution in [0.1, 0.15) is 0 Å². The maximum Gasteiger partial charge on any atom is 0.492 e. The first kappa shape index (κ1) is 8.03. The fraction of sp³-hybridized carbons (Fsp3) is 1.00. The van der Waals surface area contributed by atoms with Crippen molar-refractivity contribution >= 4 is 11.6 Å². The van der Waals surface area contributed by atoms with Gasteiger partial charge in [0.05, 0.1) is 0 Å². The Morgan fingerprint density at radius 3 is 1.90 bits per heavy atom. The van der Waals surface area contributed by atoms with E-state index in [0.29, 0.717) is 0 Å². The van der Waals surface area contributed by atoms with Crippen LogP contribution in [0.25, 0.3) is 0 Å². The van der Waals surface area contributed by atoms with Crippen LogP contribution in [0, 0.1) is 0 Å². The summed E-state index contributed by atoms with van der Waals surface area (Å²) in [7, 11) is 0. The van der Waals surface area contributed by atoms with Gasteiger partial charge in [-0.15, -0.1) is 8.78 Å². The summed E-state index contributed by atoms with van der Waals surface area (Å²) >= 11 is 4.43. The molecular weight excluding hydrogens is 179 g/mol. The number of hydrogen-bond donors (Lipinski definition) is 0. The second-order valence-corrected chi connectivity index (χ2v) is 2.08. The monoisotopic (exact) mass is 180 g/mol. The van der Waals surface area contributed by atoms with Crippen molar-refractivity contribution < 1.29 is 27.0 Å². The topological polar surface area (TPSA) is 18.5 Å². The smallest absolute Gasteiger partial charge is 0.253 e. The summed E-state index contributed by atoms with van der Waals surface area (Å²) in [6.45, 7) is 0. The number of hydrogen-bond acceptors (Lipinski definition) is 2. The van der Waals surface area contributed by atoms with Crippen molar-refractivity contribution in [3.05, 3.63) is 0 Å².